The zero-order chi connectivity index (χ0) is 18.5. The molecule has 0 spiro atoms. The molecule has 3 aromatic rings. The van der Waals surface area contributed by atoms with Crippen molar-refractivity contribution in [2.24, 2.45) is 0 Å². The van der Waals surface area contributed by atoms with E-state index in [-0.39, 0.29) is 16.7 Å². The lowest BCUT2D eigenvalue weighted by atomic mass is 10.2. The van der Waals surface area contributed by atoms with Gasteiger partial charge in [-0.15, -0.1) is 0 Å². The Morgan fingerprint density at radius 2 is 1.85 bits per heavy atom. The summed E-state index contributed by atoms with van der Waals surface area (Å²) in [6.07, 6.45) is 1.33. The van der Waals surface area contributed by atoms with Crippen molar-refractivity contribution in [2.75, 3.05) is 27.4 Å². The van der Waals surface area contributed by atoms with Crippen LogP contribution in [-0.2, 0) is 4.74 Å². The van der Waals surface area contributed by atoms with Crippen LogP contribution in [0, 0.1) is 5.82 Å². The predicted octanol–water partition coefficient (Wildman–Crippen LogP) is 4.25. The highest BCUT2D eigenvalue weighted by Gasteiger charge is 2.14. The molecule has 0 amide bonds. The van der Waals surface area contributed by atoms with Gasteiger partial charge >= 0.3 is 0 Å². The summed E-state index contributed by atoms with van der Waals surface area (Å²) >= 11 is 5.76. The van der Waals surface area contributed by atoms with Crippen LogP contribution in [0.2, 0.25) is 5.02 Å². The van der Waals surface area contributed by atoms with Crippen molar-refractivity contribution in [3.8, 4) is 23.1 Å². The van der Waals surface area contributed by atoms with Gasteiger partial charge in [-0.25, -0.2) is 14.4 Å². The number of benzene rings is 2. The summed E-state index contributed by atoms with van der Waals surface area (Å²) in [5.41, 5.74) is 0.567. The van der Waals surface area contributed by atoms with Crippen LogP contribution < -0.4 is 14.2 Å². The first kappa shape index (κ1) is 18.2. The van der Waals surface area contributed by atoms with Gasteiger partial charge in [0.1, 0.15) is 12.9 Å². The minimum absolute atomic E-state index is 0.00814. The van der Waals surface area contributed by atoms with Gasteiger partial charge in [0, 0.05) is 18.2 Å². The van der Waals surface area contributed by atoms with E-state index < -0.39 is 5.82 Å². The largest absolute Gasteiger partial charge is 0.493 e. The molecule has 0 saturated carbocycles. The maximum absolute atomic E-state index is 14.0. The SMILES string of the molecule is COCCOc1cc2ncnc(Oc3ccc(Cl)cc3F)c2cc1OC. The summed E-state index contributed by atoms with van der Waals surface area (Å²) in [5.74, 6) is 0.603. The van der Waals surface area contributed by atoms with Crippen LogP contribution in [0.25, 0.3) is 10.9 Å². The third kappa shape index (κ3) is 3.95. The van der Waals surface area contributed by atoms with Crippen molar-refractivity contribution in [3.05, 3.63) is 47.5 Å². The minimum Gasteiger partial charge on any atom is -0.493 e. The molecule has 0 aliphatic heterocycles. The highest BCUT2D eigenvalue weighted by Crippen LogP contribution is 2.36. The molecule has 3 rings (SSSR count). The number of hydrogen-bond acceptors (Lipinski definition) is 6. The van der Waals surface area contributed by atoms with Gasteiger partial charge in [0.25, 0.3) is 0 Å². The second kappa shape index (κ2) is 8.16. The number of hydrogen-bond donors (Lipinski definition) is 0. The maximum Gasteiger partial charge on any atom is 0.230 e. The van der Waals surface area contributed by atoms with E-state index in [1.165, 1.54) is 31.6 Å². The molecule has 0 atom stereocenters. The maximum atomic E-state index is 14.0. The molecule has 8 heteroatoms. The lowest BCUT2D eigenvalue weighted by Gasteiger charge is -2.13. The second-order valence-corrected chi connectivity index (χ2v) is 5.65. The van der Waals surface area contributed by atoms with Crippen LogP contribution in [-0.4, -0.2) is 37.4 Å². The molecular weight excluding hydrogens is 363 g/mol. The number of halogens is 2. The Labute approximate surface area is 154 Å². The normalized spacial score (nSPS) is 10.8. The van der Waals surface area contributed by atoms with E-state index in [0.717, 1.165) is 0 Å². The molecule has 26 heavy (non-hydrogen) atoms. The Hall–Kier alpha value is -2.64. The smallest absolute Gasteiger partial charge is 0.230 e. The van der Waals surface area contributed by atoms with Crippen LogP contribution in [0.4, 0.5) is 4.39 Å². The molecule has 2 aromatic carbocycles. The number of aromatic nitrogens is 2. The van der Waals surface area contributed by atoms with Gasteiger partial charge in [-0.2, -0.15) is 0 Å². The van der Waals surface area contributed by atoms with Gasteiger partial charge in [-0.05, 0) is 24.3 Å². The van der Waals surface area contributed by atoms with Crippen molar-refractivity contribution in [3.63, 3.8) is 0 Å². The molecule has 6 nitrogen and oxygen atoms in total. The summed E-state index contributed by atoms with van der Waals surface area (Å²) in [5, 5.41) is 0.833. The van der Waals surface area contributed by atoms with E-state index >= 15 is 0 Å². The average Bonchev–Trinajstić information content (AvgIpc) is 2.64. The fourth-order valence-electron chi connectivity index (χ4n) is 2.29. The topological polar surface area (TPSA) is 62.7 Å². The standard InChI is InChI=1S/C18H16ClFN2O4/c1-23-5-6-25-17-9-14-12(8-16(17)24-2)18(22-10-21-14)26-15-4-3-11(19)7-13(15)20/h3-4,7-10H,5-6H2,1-2H3. The number of fused-ring (bicyclic) bond motifs is 1. The molecule has 0 bridgehead atoms. The minimum atomic E-state index is -0.587. The van der Waals surface area contributed by atoms with Crippen molar-refractivity contribution in [2.45, 2.75) is 0 Å². The van der Waals surface area contributed by atoms with Gasteiger partial charge in [-0.1, -0.05) is 11.6 Å². The summed E-state index contributed by atoms with van der Waals surface area (Å²) in [4.78, 5) is 8.31. The van der Waals surface area contributed by atoms with Crippen molar-refractivity contribution in [1.29, 1.82) is 0 Å². The van der Waals surface area contributed by atoms with Crippen molar-refractivity contribution >= 4 is 22.5 Å². The Bertz CT molecular complexity index is 923. The lowest BCUT2D eigenvalue weighted by molar-refractivity contribution is 0.144. The first-order valence-corrected chi connectivity index (χ1v) is 8.07. The second-order valence-electron chi connectivity index (χ2n) is 5.22. The molecule has 0 aliphatic carbocycles. The first-order chi connectivity index (χ1) is 12.6. The molecule has 0 N–H and O–H groups in total. The lowest BCUT2D eigenvalue weighted by Crippen LogP contribution is -2.05. The van der Waals surface area contributed by atoms with Crippen LogP contribution in [0.3, 0.4) is 0 Å². The molecule has 0 radical (unpaired) electrons. The van der Waals surface area contributed by atoms with Crippen LogP contribution in [0.1, 0.15) is 0 Å². The van der Waals surface area contributed by atoms with Crippen LogP contribution in [0.5, 0.6) is 23.1 Å². The third-order valence-electron chi connectivity index (χ3n) is 3.53. The van der Waals surface area contributed by atoms with E-state index in [4.69, 9.17) is 30.5 Å². The molecule has 0 unspecified atom stereocenters. The van der Waals surface area contributed by atoms with Crippen LogP contribution >= 0.6 is 11.6 Å². The fourth-order valence-corrected chi connectivity index (χ4v) is 2.45. The zero-order valence-corrected chi connectivity index (χ0v) is 14.9. The van der Waals surface area contributed by atoms with E-state index in [9.17, 15) is 4.39 Å². The van der Waals surface area contributed by atoms with E-state index in [1.54, 1.807) is 19.2 Å². The number of rotatable bonds is 7. The molecule has 1 heterocycles. The van der Waals surface area contributed by atoms with Gasteiger partial charge in [0.15, 0.2) is 23.1 Å². The van der Waals surface area contributed by atoms with Crippen molar-refractivity contribution < 1.29 is 23.3 Å². The molecule has 0 saturated heterocycles. The zero-order valence-electron chi connectivity index (χ0n) is 14.2. The third-order valence-corrected chi connectivity index (χ3v) is 3.76. The highest BCUT2D eigenvalue weighted by atomic mass is 35.5. The van der Waals surface area contributed by atoms with Gasteiger partial charge < -0.3 is 18.9 Å². The van der Waals surface area contributed by atoms with Gasteiger partial charge in [-0.3, -0.25) is 0 Å². The Morgan fingerprint density at radius 1 is 1.00 bits per heavy atom. The summed E-state index contributed by atoms with van der Waals surface area (Å²) in [7, 11) is 3.11. The van der Waals surface area contributed by atoms with Crippen molar-refractivity contribution in [1.82, 2.24) is 9.97 Å². The summed E-state index contributed by atoms with van der Waals surface area (Å²) < 4.78 is 35.6. The van der Waals surface area contributed by atoms with E-state index in [0.29, 0.717) is 35.6 Å². The molecular formula is C18H16ClFN2O4. The monoisotopic (exact) mass is 378 g/mol. The van der Waals surface area contributed by atoms with Gasteiger partial charge in [0.05, 0.1) is 24.6 Å². The average molecular weight is 379 g/mol. The quantitative estimate of drug-likeness (QED) is 0.573. The molecule has 0 aliphatic rings. The fraction of sp³-hybridized carbons (Fsp3) is 0.222. The first-order valence-electron chi connectivity index (χ1n) is 7.69. The summed E-state index contributed by atoms with van der Waals surface area (Å²) in [6.45, 7) is 0.804. The molecule has 0 fully saturated rings. The molecule has 136 valence electrons. The van der Waals surface area contributed by atoms with Crippen LogP contribution in [0.15, 0.2) is 36.7 Å². The number of methoxy groups -OCH3 is 2. The predicted molar refractivity (Wildman–Crippen MR) is 94.9 cm³/mol. The van der Waals surface area contributed by atoms with E-state index in [1.807, 2.05) is 0 Å². The number of nitrogens with zero attached hydrogens (tertiary/aromatic N) is 2. The molecule has 1 aromatic heterocycles. The van der Waals surface area contributed by atoms with Gasteiger partial charge in [0.2, 0.25) is 5.88 Å². The highest BCUT2D eigenvalue weighted by molar-refractivity contribution is 6.30. The summed E-state index contributed by atoms with van der Waals surface area (Å²) in [6, 6.07) is 7.52. The van der Waals surface area contributed by atoms with E-state index in [2.05, 4.69) is 9.97 Å². The Morgan fingerprint density at radius 3 is 2.58 bits per heavy atom. The number of ether oxygens (including phenoxy) is 4. The Balaban J connectivity index is 1.98. The Kier molecular flexibility index (Phi) is 5.70.